The number of guanidine groups is 1. The van der Waals surface area contributed by atoms with Gasteiger partial charge < -0.3 is 16.6 Å². The SMILES string of the molecule is CC1(O)c2ccccc2-c2ccc(C(=O)N=C(N)N)cc21.Cl. The zero-order valence-electron chi connectivity index (χ0n) is 11.9. The summed E-state index contributed by atoms with van der Waals surface area (Å²) in [6, 6.07) is 12.7. The van der Waals surface area contributed by atoms with E-state index in [1.54, 1.807) is 19.1 Å². The van der Waals surface area contributed by atoms with Crippen LogP contribution in [-0.2, 0) is 5.60 Å². The van der Waals surface area contributed by atoms with Gasteiger partial charge in [0.15, 0.2) is 5.96 Å². The quantitative estimate of drug-likeness (QED) is 0.551. The van der Waals surface area contributed by atoms with Crippen molar-refractivity contribution in [1.82, 2.24) is 0 Å². The molecule has 1 atom stereocenters. The summed E-state index contributed by atoms with van der Waals surface area (Å²) in [5.74, 6) is -0.805. The summed E-state index contributed by atoms with van der Waals surface area (Å²) in [7, 11) is 0. The summed E-state index contributed by atoms with van der Waals surface area (Å²) in [5, 5.41) is 10.8. The van der Waals surface area contributed by atoms with Crippen LogP contribution < -0.4 is 11.5 Å². The van der Waals surface area contributed by atoms with E-state index in [2.05, 4.69) is 4.99 Å². The van der Waals surface area contributed by atoms with Crippen LogP contribution in [0.3, 0.4) is 0 Å². The van der Waals surface area contributed by atoms with E-state index in [9.17, 15) is 9.90 Å². The second kappa shape index (κ2) is 5.44. The molecule has 2 aromatic rings. The number of carbonyl (C=O) groups is 1. The largest absolute Gasteiger partial charge is 0.381 e. The first kappa shape index (κ1) is 16.0. The average molecular weight is 318 g/mol. The van der Waals surface area contributed by atoms with Crippen molar-refractivity contribution in [2.75, 3.05) is 0 Å². The summed E-state index contributed by atoms with van der Waals surface area (Å²) >= 11 is 0. The Morgan fingerprint density at radius 3 is 2.41 bits per heavy atom. The van der Waals surface area contributed by atoms with Crippen molar-refractivity contribution in [3.63, 3.8) is 0 Å². The van der Waals surface area contributed by atoms with E-state index in [1.165, 1.54) is 0 Å². The maximum absolute atomic E-state index is 11.9. The highest BCUT2D eigenvalue weighted by atomic mass is 35.5. The Morgan fingerprint density at radius 1 is 1.09 bits per heavy atom. The van der Waals surface area contributed by atoms with Crippen LogP contribution in [0, 0.1) is 0 Å². The molecule has 0 saturated heterocycles. The first-order chi connectivity index (χ1) is 9.91. The normalized spacial score (nSPS) is 17.9. The van der Waals surface area contributed by atoms with Crippen LogP contribution in [0.5, 0.6) is 0 Å². The number of benzene rings is 2. The number of carbonyl (C=O) groups excluding carboxylic acids is 1. The molecule has 5 N–H and O–H groups in total. The zero-order chi connectivity index (χ0) is 15.2. The fourth-order valence-corrected chi connectivity index (χ4v) is 2.78. The average Bonchev–Trinajstić information content (AvgIpc) is 2.67. The van der Waals surface area contributed by atoms with Gasteiger partial charge in [-0.3, -0.25) is 4.79 Å². The van der Waals surface area contributed by atoms with Gasteiger partial charge in [-0.25, -0.2) is 0 Å². The molecule has 2 aromatic carbocycles. The van der Waals surface area contributed by atoms with Crippen molar-refractivity contribution in [2.45, 2.75) is 12.5 Å². The molecule has 0 saturated carbocycles. The molecule has 6 heteroatoms. The van der Waals surface area contributed by atoms with E-state index in [0.717, 1.165) is 16.7 Å². The number of amides is 1. The highest BCUT2D eigenvalue weighted by Crippen LogP contribution is 2.47. The van der Waals surface area contributed by atoms with Crippen molar-refractivity contribution >= 4 is 24.3 Å². The van der Waals surface area contributed by atoms with Gasteiger partial charge in [-0.2, -0.15) is 4.99 Å². The van der Waals surface area contributed by atoms with Gasteiger partial charge in [0, 0.05) is 5.56 Å². The minimum absolute atomic E-state index is 0. The second-order valence-corrected chi connectivity index (χ2v) is 5.22. The summed E-state index contributed by atoms with van der Waals surface area (Å²) in [6.07, 6.45) is 0. The van der Waals surface area contributed by atoms with Crippen molar-refractivity contribution in [3.8, 4) is 11.1 Å². The summed E-state index contributed by atoms with van der Waals surface area (Å²) in [6.45, 7) is 1.71. The Labute approximate surface area is 134 Å². The Morgan fingerprint density at radius 2 is 1.73 bits per heavy atom. The van der Waals surface area contributed by atoms with Crippen molar-refractivity contribution < 1.29 is 9.90 Å². The maximum atomic E-state index is 11.9. The number of nitrogens with zero attached hydrogens (tertiary/aromatic N) is 1. The lowest BCUT2D eigenvalue weighted by molar-refractivity contribution is 0.0999. The van der Waals surface area contributed by atoms with Gasteiger partial charge in [0.2, 0.25) is 0 Å². The van der Waals surface area contributed by atoms with Crippen LogP contribution in [0.15, 0.2) is 47.5 Å². The minimum atomic E-state index is -1.14. The number of halogens is 1. The molecule has 22 heavy (non-hydrogen) atoms. The van der Waals surface area contributed by atoms with E-state index in [-0.39, 0.29) is 18.4 Å². The van der Waals surface area contributed by atoms with Crippen molar-refractivity contribution in [1.29, 1.82) is 0 Å². The molecule has 0 aromatic heterocycles. The Balaban J connectivity index is 0.00000176. The molecule has 1 unspecified atom stereocenters. The molecule has 0 radical (unpaired) electrons. The van der Waals surface area contributed by atoms with E-state index < -0.39 is 11.5 Å². The lowest BCUT2D eigenvalue weighted by Crippen LogP contribution is -2.24. The smallest absolute Gasteiger partial charge is 0.280 e. The first-order valence-electron chi connectivity index (χ1n) is 6.52. The minimum Gasteiger partial charge on any atom is -0.381 e. The topological polar surface area (TPSA) is 102 Å². The third-order valence-electron chi connectivity index (χ3n) is 3.76. The van der Waals surface area contributed by atoms with E-state index in [1.807, 2.05) is 30.3 Å². The monoisotopic (exact) mass is 317 g/mol. The highest BCUT2D eigenvalue weighted by Gasteiger charge is 2.37. The molecular formula is C16H16ClN3O2. The lowest BCUT2D eigenvalue weighted by Gasteiger charge is -2.20. The molecule has 5 nitrogen and oxygen atoms in total. The third-order valence-corrected chi connectivity index (χ3v) is 3.76. The van der Waals surface area contributed by atoms with Gasteiger partial charge in [-0.1, -0.05) is 30.3 Å². The molecular weight excluding hydrogens is 302 g/mol. The molecule has 3 rings (SSSR count). The molecule has 114 valence electrons. The molecule has 0 bridgehead atoms. The molecule has 1 aliphatic rings. The zero-order valence-corrected chi connectivity index (χ0v) is 12.7. The number of rotatable bonds is 1. The van der Waals surface area contributed by atoms with Gasteiger partial charge >= 0.3 is 0 Å². The Bertz CT molecular complexity index is 781. The molecule has 0 fully saturated rings. The van der Waals surface area contributed by atoms with Crippen LogP contribution in [0.1, 0.15) is 28.4 Å². The number of nitrogens with two attached hydrogens (primary N) is 2. The van der Waals surface area contributed by atoms with E-state index in [0.29, 0.717) is 11.1 Å². The van der Waals surface area contributed by atoms with Crippen LogP contribution in [-0.4, -0.2) is 17.0 Å². The maximum Gasteiger partial charge on any atom is 0.280 e. The number of hydrogen-bond donors (Lipinski definition) is 3. The van der Waals surface area contributed by atoms with Crippen LogP contribution in [0.4, 0.5) is 0 Å². The van der Waals surface area contributed by atoms with Gasteiger partial charge in [0.05, 0.1) is 0 Å². The third kappa shape index (κ3) is 2.34. The molecule has 1 amide bonds. The fraction of sp³-hybridized carbons (Fsp3) is 0.125. The Hall–Kier alpha value is -2.37. The molecule has 0 spiro atoms. The predicted molar refractivity (Wildman–Crippen MR) is 87.9 cm³/mol. The summed E-state index contributed by atoms with van der Waals surface area (Å²) in [5.41, 5.74) is 13.0. The summed E-state index contributed by atoms with van der Waals surface area (Å²) < 4.78 is 0. The van der Waals surface area contributed by atoms with Gasteiger partial charge in [-0.05, 0) is 41.3 Å². The first-order valence-corrected chi connectivity index (χ1v) is 6.52. The van der Waals surface area contributed by atoms with Crippen molar-refractivity contribution in [3.05, 3.63) is 59.2 Å². The lowest BCUT2D eigenvalue weighted by atomic mass is 9.93. The van der Waals surface area contributed by atoms with Gasteiger partial charge in [0.1, 0.15) is 5.60 Å². The number of aliphatic imine (C=N–C) groups is 1. The Kier molecular flexibility index (Phi) is 3.96. The molecule has 0 aliphatic heterocycles. The number of fused-ring (bicyclic) bond motifs is 3. The predicted octanol–water partition coefficient (Wildman–Crippen LogP) is 1.76. The second-order valence-electron chi connectivity index (χ2n) is 5.22. The van der Waals surface area contributed by atoms with Gasteiger partial charge in [-0.15, -0.1) is 12.4 Å². The molecule has 1 aliphatic carbocycles. The van der Waals surface area contributed by atoms with Crippen LogP contribution >= 0.6 is 12.4 Å². The van der Waals surface area contributed by atoms with E-state index >= 15 is 0 Å². The van der Waals surface area contributed by atoms with Crippen LogP contribution in [0.2, 0.25) is 0 Å². The highest BCUT2D eigenvalue weighted by molar-refractivity contribution is 6.02. The molecule has 0 heterocycles. The fourth-order valence-electron chi connectivity index (χ4n) is 2.78. The van der Waals surface area contributed by atoms with Crippen molar-refractivity contribution in [2.24, 2.45) is 16.5 Å². The number of hydrogen-bond acceptors (Lipinski definition) is 2. The van der Waals surface area contributed by atoms with Crippen LogP contribution in [0.25, 0.3) is 11.1 Å². The standard InChI is InChI=1S/C16H15N3O2.ClH/c1-16(21)12-5-3-2-4-10(12)11-7-6-9(8-13(11)16)14(20)19-15(17)18;/h2-8,21H,1H3,(H4,17,18,19,20);1H. The summed E-state index contributed by atoms with van der Waals surface area (Å²) in [4.78, 5) is 15.4. The number of aliphatic hydroxyl groups is 1. The van der Waals surface area contributed by atoms with E-state index in [4.69, 9.17) is 11.5 Å². The van der Waals surface area contributed by atoms with Gasteiger partial charge in [0.25, 0.3) is 5.91 Å².